The molecule has 0 atom stereocenters. The van der Waals surface area contributed by atoms with Gasteiger partial charge in [0.15, 0.2) is 0 Å². The van der Waals surface area contributed by atoms with E-state index in [1.54, 1.807) is 0 Å². The Morgan fingerprint density at radius 1 is 0.209 bits per heavy atom. The van der Waals surface area contributed by atoms with Crippen molar-refractivity contribution in [3.8, 4) is 44.5 Å². The molecule has 67 heavy (non-hydrogen) atoms. The molecule has 0 spiro atoms. The van der Waals surface area contributed by atoms with Crippen LogP contribution in [0.1, 0.15) is 0 Å². The zero-order chi connectivity index (χ0) is 44.3. The van der Waals surface area contributed by atoms with Crippen molar-refractivity contribution in [2.75, 3.05) is 4.90 Å². The lowest BCUT2D eigenvalue weighted by molar-refractivity contribution is 1.30. The van der Waals surface area contributed by atoms with Crippen molar-refractivity contribution in [2.24, 2.45) is 0 Å². The van der Waals surface area contributed by atoms with E-state index in [0.717, 1.165) is 17.1 Å². The van der Waals surface area contributed by atoms with Crippen molar-refractivity contribution in [2.45, 2.75) is 0 Å². The van der Waals surface area contributed by atoms with E-state index in [2.05, 4.69) is 266 Å². The van der Waals surface area contributed by atoms with Crippen molar-refractivity contribution in [3.05, 3.63) is 261 Å². The van der Waals surface area contributed by atoms with Crippen LogP contribution in [0, 0.1) is 0 Å². The van der Waals surface area contributed by atoms with E-state index in [-0.39, 0.29) is 0 Å². The second-order valence-electron chi connectivity index (χ2n) is 17.6. The molecule has 0 saturated heterocycles. The van der Waals surface area contributed by atoms with Crippen LogP contribution in [0.4, 0.5) is 17.1 Å². The molecule has 0 aliphatic heterocycles. The maximum Gasteiger partial charge on any atom is 0.0468 e. The topological polar surface area (TPSA) is 3.24 Å². The van der Waals surface area contributed by atoms with Crippen molar-refractivity contribution in [1.82, 2.24) is 0 Å². The molecule has 0 aromatic heterocycles. The van der Waals surface area contributed by atoms with Crippen LogP contribution in [0.5, 0.6) is 0 Å². The molecule has 0 bridgehead atoms. The number of anilines is 3. The van der Waals surface area contributed by atoms with Crippen molar-refractivity contribution >= 4 is 81.7 Å². The highest BCUT2D eigenvalue weighted by molar-refractivity contribution is 6.33. The van der Waals surface area contributed by atoms with Gasteiger partial charge in [0.2, 0.25) is 0 Å². The zero-order valence-corrected chi connectivity index (χ0v) is 36.8. The number of hydrogen-bond donors (Lipinski definition) is 0. The summed E-state index contributed by atoms with van der Waals surface area (Å²) in [5.74, 6) is 0. The van der Waals surface area contributed by atoms with Crippen LogP contribution in [0.3, 0.4) is 0 Å². The Morgan fingerprint density at radius 3 is 1.33 bits per heavy atom. The number of rotatable bonds is 7. The van der Waals surface area contributed by atoms with Crippen LogP contribution < -0.4 is 4.90 Å². The summed E-state index contributed by atoms with van der Waals surface area (Å²) in [6.45, 7) is 0. The van der Waals surface area contributed by atoms with Gasteiger partial charge in [-0.15, -0.1) is 0 Å². The molecule has 1 heteroatoms. The Labute approximate surface area is 390 Å². The third-order valence-electron chi connectivity index (χ3n) is 13.8. The van der Waals surface area contributed by atoms with Gasteiger partial charge in [-0.1, -0.05) is 218 Å². The molecule has 0 saturated carbocycles. The number of fused-ring (bicyclic) bond motifs is 9. The smallest absolute Gasteiger partial charge is 0.0468 e. The van der Waals surface area contributed by atoms with E-state index >= 15 is 0 Å². The Balaban J connectivity index is 1.11. The third-order valence-corrected chi connectivity index (χ3v) is 13.8. The molecule has 0 fully saturated rings. The molecule has 0 amide bonds. The average Bonchev–Trinajstić information content (AvgIpc) is 3.41. The quantitative estimate of drug-likeness (QED) is 0.144. The van der Waals surface area contributed by atoms with E-state index in [1.165, 1.54) is 109 Å². The fourth-order valence-corrected chi connectivity index (χ4v) is 10.6. The molecule has 0 unspecified atom stereocenters. The minimum atomic E-state index is 1.10. The van der Waals surface area contributed by atoms with Gasteiger partial charge in [0.05, 0.1) is 0 Å². The molecule has 0 aliphatic carbocycles. The van der Waals surface area contributed by atoms with Gasteiger partial charge in [-0.3, -0.25) is 0 Å². The van der Waals surface area contributed by atoms with Gasteiger partial charge in [-0.05, 0) is 152 Å². The molecule has 312 valence electrons. The van der Waals surface area contributed by atoms with Gasteiger partial charge in [0.25, 0.3) is 0 Å². The van der Waals surface area contributed by atoms with Gasteiger partial charge < -0.3 is 4.90 Å². The molecule has 13 aromatic rings. The normalized spacial score (nSPS) is 11.6. The summed E-state index contributed by atoms with van der Waals surface area (Å²) >= 11 is 0. The van der Waals surface area contributed by atoms with E-state index in [0.29, 0.717) is 0 Å². The summed E-state index contributed by atoms with van der Waals surface area (Å²) in [4.78, 5) is 2.43. The van der Waals surface area contributed by atoms with Crippen LogP contribution >= 0.6 is 0 Å². The Kier molecular flexibility index (Phi) is 9.25. The number of benzene rings is 13. The summed E-state index contributed by atoms with van der Waals surface area (Å²) < 4.78 is 0. The maximum atomic E-state index is 2.46. The molecule has 13 aromatic carbocycles. The Morgan fingerprint density at radius 2 is 0.672 bits per heavy atom. The van der Waals surface area contributed by atoms with E-state index in [4.69, 9.17) is 0 Å². The molecule has 0 heterocycles. The highest BCUT2D eigenvalue weighted by Crippen LogP contribution is 2.50. The summed E-state index contributed by atoms with van der Waals surface area (Å²) in [7, 11) is 0. The largest absolute Gasteiger partial charge is 0.310 e. The second kappa shape index (κ2) is 16.0. The zero-order valence-electron chi connectivity index (χ0n) is 36.8. The van der Waals surface area contributed by atoms with Gasteiger partial charge in [-0.25, -0.2) is 0 Å². The molecular formula is C66H43N. The highest BCUT2D eigenvalue weighted by Gasteiger charge is 2.23. The molecule has 0 N–H and O–H groups in total. The third kappa shape index (κ3) is 6.63. The van der Waals surface area contributed by atoms with Crippen LogP contribution in [0.15, 0.2) is 261 Å². The summed E-state index contributed by atoms with van der Waals surface area (Å²) in [5.41, 5.74) is 13.0. The van der Waals surface area contributed by atoms with Crippen LogP contribution in [-0.2, 0) is 0 Å². The summed E-state index contributed by atoms with van der Waals surface area (Å²) in [5, 5.41) is 14.8. The van der Waals surface area contributed by atoms with Crippen LogP contribution in [0.2, 0.25) is 0 Å². The molecule has 0 radical (unpaired) electrons. The first-order chi connectivity index (χ1) is 33.2. The van der Waals surface area contributed by atoms with E-state index < -0.39 is 0 Å². The van der Waals surface area contributed by atoms with Crippen molar-refractivity contribution in [1.29, 1.82) is 0 Å². The maximum absolute atomic E-state index is 2.46. The number of nitrogens with zero attached hydrogens (tertiary/aromatic N) is 1. The van der Waals surface area contributed by atoms with Gasteiger partial charge >= 0.3 is 0 Å². The lowest BCUT2D eigenvalue weighted by Crippen LogP contribution is -2.10. The fourth-order valence-electron chi connectivity index (χ4n) is 10.6. The monoisotopic (exact) mass is 849 g/mol. The Hall–Kier alpha value is -8.78. The Bertz CT molecular complexity index is 3940. The molecule has 13 rings (SSSR count). The van der Waals surface area contributed by atoms with Crippen molar-refractivity contribution < 1.29 is 0 Å². The second-order valence-corrected chi connectivity index (χ2v) is 17.6. The van der Waals surface area contributed by atoms with E-state index in [1.807, 2.05) is 0 Å². The number of hydrogen-bond acceptors (Lipinski definition) is 1. The molecule has 1 nitrogen and oxygen atoms in total. The average molecular weight is 850 g/mol. The SMILES string of the molecule is c1ccc(-c2cc(-c3ccc(-c4cccc5ccccc45)cc3)c(-c3ccccc3)c3c4ccc(N(c5ccc6ccccc6c5)c5ccc6ccccc6c5)cc4c4ccccc4c23)cc1. The predicted octanol–water partition coefficient (Wildman–Crippen LogP) is 18.7. The molecule has 0 aliphatic rings. The van der Waals surface area contributed by atoms with Gasteiger partial charge in [-0.2, -0.15) is 0 Å². The summed E-state index contributed by atoms with van der Waals surface area (Å²) in [6.07, 6.45) is 0. The minimum Gasteiger partial charge on any atom is -0.310 e. The van der Waals surface area contributed by atoms with Gasteiger partial charge in [0, 0.05) is 17.1 Å². The minimum absolute atomic E-state index is 1.10. The summed E-state index contributed by atoms with van der Waals surface area (Å²) in [6, 6.07) is 96.1. The lowest BCUT2D eigenvalue weighted by atomic mass is 9.81. The van der Waals surface area contributed by atoms with Gasteiger partial charge in [0.1, 0.15) is 0 Å². The van der Waals surface area contributed by atoms with Crippen molar-refractivity contribution in [3.63, 3.8) is 0 Å². The molecular weight excluding hydrogens is 807 g/mol. The predicted molar refractivity (Wildman–Crippen MR) is 288 cm³/mol. The van der Waals surface area contributed by atoms with Crippen LogP contribution in [-0.4, -0.2) is 0 Å². The first-order valence-corrected chi connectivity index (χ1v) is 23.2. The van der Waals surface area contributed by atoms with Crippen LogP contribution in [0.25, 0.3) is 109 Å². The lowest BCUT2D eigenvalue weighted by Gasteiger charge is -2.27. The van der Waals surface area contributed by atoms with E-state index in [9.17, 15) is 0 Å². The standard InChI is InChI=1S/C66H43N/c1-3-18-47(19-4-1)62-43-61(49-32-30-48(31-33-49)57-29-15-25-46-20-11-12-26-56(46)57)64(50-21-5-2-6-22-50)66-60-39-38-55(42-63(60)58-27-13-14-28-59(58)65(62)66)67(53-36-34-44-16-7-9-23-51(44)40-53)54-37-35-45-17-8-10-24-52(45)41-54/h1-43H. The fraction of sp³-hybridized carbons (Fsp3) is 0. The highest BCUT2D eigenvalue weighted by atomic mass is 15.1. The first kappa shape index (κ1) is 38.7. The first-order valence-electron chi connectivity index (χ1n) is 23.2.